The molecular weight excluding hydrogens is 440 g/mol. The zero-order valence-corrected chi connectivity index (χ0v) is 18.6. The van der Waals surface area contributed by atoms with E-state index < -0.39 is 30.2 Å². The Morgan fingerprint density at radius 3 is 2.21 bits per heavy atom. The number of aromatic nitrogens is 2. The molecule has 1 atom stereocenters. The first-order valence-electron chi connectivity index (χ1n) is 10.6. The van der Waals surface area contributed by atoms with Crippen LogP contribution in [0.25, 0.3) is 11.1 Å². The van der Waals surface area contributed by atoms with Gasteiger partial charge in [-0.1, -0.05) is 24.3 Å². The van der Waals surface area contributed by atoms with Crippen molar-refractivity contribution in [3.05, 3.63) is 72.1 Å². The molecule has 0 bridgehead atoms. The van der Waals surface area contributed by atoms with Gasteiger partial charge < -0.3 is 25.6 Å². The van der Waals surface area contributed by atoms with Gasteiger partial charge in [0.1, 0.15) is 19.0 Å². The van der Waals surface area contributed by atoms with Crippen molar-refractivity contribution in [1.82, 2.24) is 20.4 Å². The minimum Gasteiger partial charge on any atom is -0.491 e. The Kier molecular flexibility index (Phi) is 8.49. The number of aliphatic hydroxyl groups is 2. The molecule has 34 heavy (non-hydrogen) atoms. The third-order valence-corrected chi connectivity index (χ3v) is 5.08. The number of carbonyl (C=O) groups is 3. The number of ether oxygens (including phenoxy) is 1. The van der Waals surface area contributed by atoms with E-state index in [4.69, 9.17) is 9.84 Å². The Labute approximate surface area is 196 Å². The lowest BCUT2D eigenvalue weighted by atomic mass is 10.0. The number of benzene rings is 2. The summed E-state index contributed by atoms with van der Waals surface area (Å²) in [5.41, 5.74) is 2.70. The third-order valence-electron chi connectivity index (χ3n) is 5.08. The number of rotatable bonds is 11. The monoisotopic (exact) mass is 466 g/mol. The van der Waals surface area contributed by atoms with Crippen LogP contribution >= 0.6 is 0 Å². The maximum absolute atomic E-state index is 12.7. The van der Waals surface area contributed by atoms with Crippen molar-refractivity contribution < 1.29 is 29.3 Å². The number of Topliss-reactive ketones (excluding diaryl/α,β-unsaturated/α-hetero) is 1. The average Bonchev–Trinajstić information content (AvgIpc) is 3.28. The van der Waals surface area contributed by atoms with E-state index >= 15 is 0 Å². The lowest BCUT2D eigenvalue weighted by Crippen LogP contribution is -2.52. The summed E-state index contributed by atoms with van der Waals surface area (Å²) in [6, 6.07) is 14.1. The number of hydrogen-bond acceptors (Lipinski definition) is 7. The maximum Gasteiger partial charge on any atom is 0.252 e. The van der Waals surface area contributed by atoms with Crippen LogP contribution in [0, 0.1) is 0 Å². The number of aliphatic hydroxyl groups excluding tert-OH is 2. The van der Waals surface area contributed by atoms with Crippen molar-refractivity contribution in [2.75, 3.05) is 19.8 Å². The van der Waals surface area contributed by atoms with E-state index in [0.29, 0.717) is 11.4 Å². The topological polar surface area (TPSA) is 143 Å². The zero-order chi connectivity index (χ0) is 24.5. The highest BCUT2D eigenvalue weighted by molar-refractivity contribution is 6.10. The highest BCUT2D eigenvalue weighted by Crippen LogP contribution is 2.23. The van der Waals surface area contributed by atoms with Crippen LogP contribution in [0.15, 0.2) is 60.8 Å². The predicted octanol–water partition coefficient (Wildman–Crippen LogP) is 0.434. The minimum atomic E-state index is -1.53. The second-order valence-electron chi connectivity index (χ2n) is 7.37. The molecule has 0 fully saturated rings. The van der Waals surface area contributed by atoms with Gasteiger partial charge in [-0.25, -0.2) is 0 Å². The number of aryl methyl sites for hydroxylation is 1. The van der Waals surface area contributed by atoms with E-state index in [1.54, 1.807) is 60.4 Å². The van der Waals surface area contributed by atoms with Gasteiger partial charge >= 0.3 is 0 Å². The number of hydrogen-bond donors (Lipinski definition) is 4. The molecular formula is C24H26N4O6. The number of nitrogens with zero attached hydrogens (tertiary/aromatic N) is 2. The number of nitrogens with one attached hydrogen (secondary N) is 2. The van der Waals surface area contributed by atoms with E-state index in [-0.39, 0.29) is 25.3 Å². The molecule has 0 aliphatic rings. The average molecular weight is 466 g/mol. The van der Waals surface area contributed by atoms with E-state index in [1.807, 2.05) is 12.1 Å². The Morgan fingerprint density at radius 2 is 1.65 bits per heavy atom. The van der Waals surface area contributed by atoms with Crippen molar-refractivity contribution in [3.8, 4) is 16.9 Å². The van der Waals surface area contributed by atoms with Crippen molar-refractivity contribution in [1.29, 1.82) is 0 Å². The normalized spacial score (nSPS) is 11.5. The van der Waals surface area contributed by atoms with Crippen LogP contribution in [0.1, 0.15) is 16.1 Å². The highest BCUT2D eigenvalue weighted by Gasteiger charge is 2.28. The van der Waals surface area contributed by atoms with Crippen molar-refractivity contribution in [2.24, 2.45) is 7.05 Å². The molecule has 10 heteroatoms. The molecule has 0 radical (unpaired) electrons. The summed E-state index contributed by atoms with van der Waals surface area (Å²) in [6.45, 7) is -0.633. The summed E-state index contributed by atoms with van der Waals surface area (Å²) in [7, 11) is 1.71. The summed E-state index contributed by atoms with van der Waals surface area (Å²) in [6.07, 6.45) is 1.57. The second-order valence-corrected chi connectivity index (χ2v) is 7.37. The van der Waals surface area contributed by atoms with E-state index in [9.17, 15) is 19.5 Å². The van der Waals surface area contributed by atoms with Gasteiger partial charge in [-0.3, -0.25) is 19.1 Å². The molecule has 3 rings (SSSR count). The van der Waals surface area contributed by atoms with Crippen molar-refractivity contribution >= 4 is 17.6 Å². The SMILES string of the molecule is Cn1nccc1CNC(=O)C(NC(=O)c1ccc(-c2ccc(OCCO)cc2)cc1)C(=O)CO. The Balaban J connectivity index is 1.65. The fourth-order valence-electron chi connectivity index (χ4n) is 3.17. The van der Waals surface area contributed by atoms with E-state index in [0.717, 1.165) is 11.1 Å². The first-order chi connectivity index (χ1) is 16.4. The quantitative estimate of drug-likeness (QED) is 0.300. The molecule has 10 nitrogen and oxygen atoms in total. The van der Waals surface area contributed by atoms with Crippen LogP contribution in [-0.4, -0.2) is 63.5 Å². The van der Waals surface area contributed by atoms with Crippen LogP contribution in [0.4, 0.5) is 0 Å². The molecule has 0 saturated heterocycles. The van der Waals surface area contributed by atoms with Gasteiger partial charge in [0.05, 0.1) is 18.8 Å². The first kappa shape index (κ1) is 24.6. The number of carbonyl (C=O) groups excluding carboxylic acids is 3. The van der Waals surface area contributed by atoms with Crippen LogP contribution in [-0.2, 0) is 23.2 Å². The maximum atomic E-state index is 12.7. The summed E-state index contributed by atoms with van der Waals surface area (Å²) in [5.74, 6) is -1.54. The zero-order valence-electron chi connectivity index (χ0n) is 18.6. The smallest absolute Gasteiger partial charge is 0.252 e. The summed E-state index contributed by atoms with van der Waals surface area (Å²) < 4.78 is 6.91. The van der Waals surface area contributed by atoms with Gasteiger partial charge in [0, 0.05) is 18.8 Å². The molecule has 178 valence electrons. The summed E-state index contributed by atoms with van der Waals surface area (Å²) in [5, 5.41) is 27.0. The lowest BCUT2D eigenvalue weighted by molar-refractivity contribution is -0.132. The lowest BCUT2D eigenvalue weighted by Gasteiger charge is -2.17. The van der Waals surface area contributed by atoms with E-state index in [2.05, 4.69) is 15.7 Å². The fourth-order valence-corrected chi connectivity index (χ4v) is 3.17. The Morgan fingerprint density at radius 1 is 1.00 bits per heavy atom. The van der Waals surface area contributed by atoms with E-state index in [1.165, 1.54) is 0 Å². The van der Waals surface area contributed by atoms with Gasteiger partial charge in [0.15, 0.2) is 11.8 Å². The van der Waals surface area contributed by atoms with Crippen LogP contribution in [0.3, 0.4) is 0 Å². The third kappa shape index (κ3) is 6.27. The molecule has 2 aromatic carbocycles. The van der Waals surface area contributed by atoms with Gasteiger partial charge in [-0.15, -0.1) is 0 Å². The van der Waals surface area contributed by atoms with Crippen molar-refractivity contribution in [2.45, 2.75) is 12.6 Å². The Bertz CT molecular complexity index is 1130. The van der Waals surface area contributed by atoms with Gasteiger partial charge in [0.25, 0.3) is 11.8 Å². The standard InChI is InChI=1S/C24H26N4O6/c1-28-19(10-11-26-28)14-25-24(33)22(21(31)15-30)27-23(32)18-4-2-16(3-5-18)17-6-8-20(9-7-17)34-13-12-29/h2-11,22,29-30H,12-15H2,1H3,(H,25,33)(H,27,32). The van der Waals surface area contributed by atoms with Crippen LogP contribution in [0.5, 0.6) is 5.75 Å². The molecule has 2 amide bonds. The Hall–Kier alpha value is -4.02. The largest absolute Gasteiger partial charge is 0.491 e. The molecule has 0 spiro atoms. The summed E-state index contributed by atoms with van der Waals surface area (Å²) >= 11 is 0. The second kappa shape index (κ2) is 11.7. The molecule has 0 aliphatic carbocycles. The van der Waals surface area contributed by atoms with Gasteiger partial charge in [0.2, 0.25) is 0 Å². The predicted molar refractivity (Wildman–Crippen MR) is 123 cm³/mol. The van der Waals surface area contributed by atoms with Crippen LogP contribution < -0.4 is 15.4 Å². The fraction of sp³-hybridized carbons (Fsp3) is 0.250. The van der Waals surface area contributed by atoms with Gasteiger partial charge in [-0.2, -0.15) is 5.10 Å². The number of amides is 2. The molecule has 1 heterocycles. The minimum absolute atomic E-state index is 0.0674. The molecule has 1 aromatic heterocycles. The summed E-state index contributed by atoms with van der Waals surface area (Å²) in [4.78, 5) is 37.3. The highest BCUT2D eigenvalue weighted by atomic mass is 16.5. The molecule has 3 aromatic rings. The number of ketones is 1. The van der Waals surface area contributed by atoms with Crippen LogP contribution in [0.2, 0.25) is 0 Å². The molecule has 0 aliphatic heterocycles. The molecule has 1 unspecified atom stereocenters. The molecule has 0 saturated carbocycles. The molecule has 4 N–H and O–H groups in total. The van der Waals surface area contributed by atoms with Crippen molar-refractivity contribution in [3.63, 3.8) is 0 Å². The first-order valence-corrected chi connectivity index (χ1v) is 10.6. The van der Waals surface area contributed by atoms with Gasteiger partial charge in [-0.05, 0) is 41.5 Å².